The lowest BCUT2D eigenvalue weighted by molar-refractivity contribution is 0.232. The molecule has 0 radical (unpaired) electrons. The zero-order chi connectivity index (χ0) is 19.9. The molecule has 27 heavy (non-hydrogen) atoms. The number of sulfone groups is 1. The van der Waals surface area contributed by atoms with Crippen LogP contribution >= 0.6 is 11.6 Å². The molecule has 142 valence electrons. The second-order valence-corrected chi connectivity index (χ2v) is 8.95. The average Bonchev–Trinajstić information content (AvgIpc) is 2.63. The predicted octanol–water partition coefficient (Wildman–Crippen LogP) is 4.88. The molecular weight excluding hydrogens is 394 g/mol. The van der Waals surface area contributed by atoms with Crippen molar-refractivity contribution in [2.75, 3.05) is 13.4 Å². The molecule has 0 fully saturated rings. The van der Waals surface area contributed by atoms with Crippen molar-refractivity contribution in [3.63, 3.8) is 0 Å². The summed E-state index contributed by atoms with van der Waals surface area (Å²) in [5, 5.41) is 0.167. The van der Waals surface area contributed by atoms with E-state index < -0.39 is 26.1 Å². The van der Waals surface area contributed by atoms with E-state index in [1.54, 1.807) is 18.2 Å². The molecule has 0 amide bonds. The van der Waals surface area contributed by atoms with Crippen molar-refractivity contribution in [2.45, 2.75) is 10.4 Å². The van der Waals surface area contributed by atoms with Gasteiger partial charge in [0.1, 0.15) is 16.3 Å². The minimum atomic E-state index is -3.91. The summed E-state index contributed by atoms with van der Waals surface area (Å²) in [6.07, 6.45) is 3.87. The van der Waals surface area contributed by atoms with Crippen LogP contribution in [0.1, 0.15) is 11.1 Å². The van der Waals surface area contributed by atoms with E-state index in [0.717, 1.165) is 24.5 Å². The van der Waals surface area contributed by atoms with Gasteiger partial charge in [-0.1, -0.05) is 54.1 Å². The van der Waals surface area contributed by atoms with E-state index in [9.17, 15) is 12.8 Å². The van der Waals surface area contributed by atoms with Crippen LogP contribution < -0.4 is 4.74 Å². The van der Waals surface area contributed by atoms with Crippen molar-refractivity contribution in [3.05, 3.63) is 88.7 Å². The Morgan fingerprint density at radius 1 is 1.04 bits per heavy atom. The minimum Gasteiger partial charge on any atom is -0.495 e. The molecule has 2 aromatic carbocycles. The van der Waals surface area contributed by atoms with E-state index >= 15 is 4.39 Å². The fourth-order valence-corrected chi connectivity index (χ4v) is 4.55. The van der Waals surface area contributed by atoms with Crippen LogP contribution in [0.3, 0.4) is 0 Å². The second kappa shape index (κ2) is 6.77. The Kier molecular flexibility index (Phi) is 4.91. The lowest BCUT2D eigenvalue weighted by atomic mass is 9.84. The SMILES string of the molecule is COc1ccc(C2(S(C)(=O)=O)C=CC(F)(c3ccccc3)C(F)=C2)cc1Cl. The van der Waals surface area contributed by atoms with Gasteiger partial charge in [-0.05, 0) is 35.4 Å². The molecule has 0 saturated carbocycles. The second-order valence-electron chi connectivity index (χ2n) is 6.32. The topological polar surface area (TPSA) is 43.4 Å². The molecule has 0 aromatic heterocycles. The zero-order valence-electron chi connectivity index (χ0n) is 14.6. The van der Waals surface area contributed by atoms with E-state index in [4.69, 9.17) is 16.3 Å². The van der Waals surface area contributed by atoms with Gasteiger partial charge in [0.15, 0.2) is 9.84 Å². The number of hydrogen-bond acceptors (Lipinski definition) is 3. The van der Waals surface area contributed by atoms with Gasteiger partial charge in [0.2, 0.25) is 5.67 Å². The third-order valence-electron chi connectivity index (χ3n) is 4.66. The Balaban J connectivity index is 2.20. The molecule has 0 N–H and O–H groups in total. The van der Waals surface area contributed by atoms with E-state index in [2.05, 4.69) is 0 Å². The summed E-state index contributed by atoms with van der Waals surface area (Å²) >= 11 is 6.12. The van der Waals surface area contributed by atoms with E-state index in [-0.39, 0.29) is 16.1 Å². The van der Waals surface area contributed by atoms with Crippen LogP contribution in [0, 0.1) is 0 Å². The first-order valence-corrected chi connectivity index (χ1v) is 10.3. The molecule has 0 spiro atoms. The van der Waals surface area contributed by atoms with E-state index in [0.29, 0.717) is 5.75 Å². The van der Waals surface area contributed by atoms with Gasteiger partial charge in [0.05, 0.1) is 12.1 Å². The normalized spacial score (nSPS) is 25.1. The molecule has 1 aliphatic rings. The van der Waals surface area contributed by atoms with Crippen molar-refractivity contribution in [3.8, 4) is 5.75 Å². The summed E-state index contributed by atoms with van der Waals surface area (Å²) < 4.78 is 58.8. The van der Waals surface area contributed by atoms with Crippen LogP contribution in [-0.2, 0) is 20.3 Å². The minimum absolute atomic E-state index is 0.0739. The van der Waals surface area contributed by atoms with Crippen LogP contribution in [0.25, 0.3) is 0 Å². The standard InChI is InChI=1S/C20H17ClF2O3S/c1-26-17-9-8-15(12-16(17)21)19(27(2,24)25)10-11-20(23,18(22)13-19)14-6-4-3-5-7-14/h3-13H,1-2H3. The summed E-state index contributed by atoms with van der Waals surface area (Å²) in [5.74, 6) is -0.856. The zero-order valence-corrected chi connectivity index (χ0v) is 16.2. The molecule has 2 atom stereocenters. The highest BCUT2D eigenvalue weighted by molar-refractivity contribution is 7.92. The third kappa shape index (κ3) is 3.17. The molecule has 2 unspecified atom stereocenters. The fraction of sp³-hybridized carbons (Fsp3) is 0.200. The van der Waals surface area contributed by atoms with E-state index in [1.807, 2.05) is 0 Å². The Morgan fingerprint density at radius 2 is 1.70 bits per heavy atom. The maximum Gasteiger partial charge on any atom is 0.205 e. The number of methoxy groups -OCH3 is 1. The lowest BCUT2D eigenvalue weighted by Crippen LogP contribution is -2.36. The van der Waals surface area contributed by atoms with Gasteiger partial charge in [-0.2, -0.15) is 0 Å². The fourth-order valence-electron chi connectivity index (χ4n) is 3.11. The summed E-state index contributed by atoms with van der Waals surface area (Å²) in [5.41, 5.74) is -2.27. The Labute approximate surface area is 161 Å². The van der Waals surface area contributed by atoms with Gasteiger partial charge in [-0.25, -0.2) is 17.2 Å². The largest absolute Gasteiger partial charge is 0.495 e. The predicted molar refractivity (Wildman–Crippen MR) is 102 cm³/mol. The number of ether oxygens (including phenoxy) is 1. The highest BCUT2D eigenvalue weighted by Gasteiger charge is 2.48. The first kappa shape index (κ1) is 19.6. The smallest absolute Gasteiger partial charge is 0.205 e. The van der Waals surface area contributed by atoms with Crippen LogP contribution in [-0.4, -0.2) is 21.8 Å². The molecule has 3 rings (SSSR count). The molecule has 0 aliphatic heterocycles. The van der Waals surface area contributed by atoms with Crippen molar-refractivity contribution < 1.29 is 21.9 Å². The molecular formula is C20H17ClF2O3S. The van der Waals surface area contributed by atoms with Crippen LogP contribution in [0.2, 0.25) is 5.02 Å². The molecule has 1 aliphatic carbocycles. The van der Waals surface area contributed by atoms with Gasteiger partial charge in [0, 0.05) is 6.26 Å². The van der Waals surface area contributed by atoms with Crippen molar-refractivity contribution in [1.29, 1.82) is 0 Å². The molecule has 7 heteroatoms. The Hall–Kier alpha value is -2.18. The first-order chi connectivity index (χ1) is 12.6. The van der Waals surface area contributed by atoms with Gasteiger partial charge >= 0.3 is 0 Å². The van der Waals surface area contributed by atoms with Crippen LogP contribution in [0.15, 0.2) is 72.6 Å². The third-order valence-corrected chi connectivity index (χ3v) is 6.67. The molecule has 0 heterocycles. The first-order valence-electron chi connectivity index (χ1n) is 8.01. The average molecular weight is 411 g/mol. The number of halogens is 3. The summed E-state index contributed by atoms with van der Waals surface area (Å²) in [7, 11) is -2.49. The summed E-state index contributed by atoms with van der Waals surface area (Å²) in [6, 6.07) is 12.1. The van der Waals surface area contributed by atoms with Crippen molar-refractivity contribution in [2.24, 2.45) is 0 Å². The highest BCUT2D eigenvalue weighted by atomic mass is 35.5. The van der Waals surface area contributed by atoms with Gasteiger partial charge in [-0.3, -0.25) is 0 Å². The number of allylic oxidation sites excluding steroid dienone is 2. The lowest BCUT2D eigenvalue weighted by Gasteiger charge is -2.33. The van der Waals surface area contributed by atoms with Crippen LogP contribution in [0.4, 0.5) is 8.78 Å². The van der Waals surface area contributed by atoms with Gasteiger partial charge in [-0.15, -0.1) is 0 Å². The van der Waals surface area contributed by atoms with Crippen LogP contribution in [0.5, 0.6) is 5.75 Å². The van der Waals surface area contributed by atoms with Crippen molar-refractivity contribution in [1.82, 2.24) is 0 Å². The monoisotopic (exact) mass is 410 g/mol. The number of rotatable bonds is 4. The quantitative estimate of drug-likeness (QED) is 0.675. The van der Waals surface area contributed by atoms with Gasteiger partial charge in [0.25, 0.3) is 0 Å². The number of alkyl halides is 1. The number of benzene rings is 2. The number of hydrogen-bond donors (Lipinski definition) is 0. The maximum absolute atomic E-state index is 15.4. The molecule has 0 bridgehead atoms. The molecule has 3 nitrogen and oxygen atoms in total. The summed E-state index contributed by atoms with van der Waals surface area (Å²) in [6.45, 7) is 0. The van der Waals surface area contributed by atoms with Crippen molar-refractivity contribution >= 4 is 21.4 Å². The van der Waals surface area contributed by atoms with Gasteiger partial charge < -0.3 is 4.74 Å². The molecule has 2 aromatic rings. The Bertz CT molecular complexity index is 1030. The molecule has 0 saturated heterocycles. The van der Waals surface area contributed by atoms with E-state index in [1.165, 1.54) is 37.4 Å². The summed E-state index contributed by atoms with van der Waals surface area (Å²) in [4.78, 5) is 0. The Morgan fingerprint density at radius 3 is 2.22 bits per heavy atom. The maximum atomic E-state index is 15.4. The highest BCUT2D eigenvalue weighted by Crippen LogP contribution is 2.47.